The number of aryl methyl sites for hydroxylation is 1. The fourth-order valence-electron chi connectivity index (χ4n) is 2.98. The van der Waals surface area contributed by atoms with E-state index in [0.29, 0.717) is 11.4 Å². The minimum absolute atomic E-state index is 0.0524. The predicted octanol–water partition coefficient (Wildman–Crippen LogP) is 3.85. The molecule has 0 saturated carbocycles. The summed E-state index contributed by atoms with van der Waals surface area (Å²) in [5.74, 6) is 0.545. The second-order valence-corrected chi connectivity index (χ2v) is 6.11. The maximum atomic E-state index is 12.9. The lowest BCUT2D eigenvalue weighted by Crippen LogP contribution is -2.42. The molecule has 1 amide bonds. The number of amides is 1. The third-order valence-electron chi connectivity index (χ3n) is 4.10. The van der Waals surface area contributed by atoms with E-state index >= 15 is 0 Å². The number of anilines is 1. The maximum Gasteiger partial charge on any atom is 0.258 e. The molecule has 1 saturated heterocycles. The first kappa shape index (κ1) is 16.6. The van der Waals surface area contributed by atoms with Crippen LogP contribution >= 0.6 is 0 Å². The van der Waals surface area contributed by atoms with Crippen molar-refractivity contribution in [2.45, 2.75) is 33.2 Å². The SMILES string of the molecule is C=CC=C(C)N1C(=C)N(c2ccc(C#N)c(C)c2)C(=O)C1(C)C. The van der Waals surface area contributed by atoms with Crippen LogP contribution in [0.25, 0.3) is 0 Å². The van der Waals surface area contributed by atoms with Gasteiger partial charge < -0.3 is 4.90 Å². The summed E-state index contributed by atoms with van der Waals surface area (Å²) < 4.78 is 0. The third-order valence-corrected chi connectivity index (χ3v) is 4.10. The number of hydrogen-bond acceptors (Lipinski definition) is 3. The Morgan fingerprint density at radius 1 is 1.39 bits per heavy atom. The molecule has 2 rings (SSSR count). The van der Waals surface area contributed by atoms with Crippen LogP contribution in [-0.2, 0) is 4.79 Å². The molecule has 0 spiro atoms. The largest absolute Gasteiger partial charge is 0.317 e. The van der Waals surface area contributed by atoms with E-state index in [2.05, 4.69) is 19.2 Å². The second-order valence-electron chi connectivity index (χ2n) is 6.11. The standard InChI is InChI=1S/C19H21N3O/c1-7-8-14(3)22-15(4)21(18(23)19(22,5)6)17-10-9-16(12-20)13(2)11-17/h7-11H,1,4H2,2-3,5-6H3. The van der Waals surface area contributed by atoms with E-state index in [1.807, 2.05) is 44.7 Å². The molecule has 23 heavy (non-hydrogen) atoms. The zero-order chi connectivity index (χ0) is 17.4. The van der Waals surface area contributed by atoms with Crippen LogP contribution in [0.4, 0.5) is 5.69 Å². The van der Waals surface area contributed by atoms with Gasteiger partial charge in [0.1, 0.15) is 11.4 Å². The van der Waals surface area contributed by atoms with Crippen LogP contribution in [0, 0.1) is 18.3 Å². The van der Waals surface area contributed by atoms with Crippen LogP contribution in [-0.4, -0.2) is 16.3 Å². The summed E-state index contributed by atoms with van der Waals surface area (Å²) in [4.78, 5) is 16.4. The first-order chi connectivity index (χ1) is 10.8. The molecule has 1 aliphatic rings. The van der Waals surface area contributed by atoms with Gasteiger partial charge in [0.15, 0.2) is 0 Å². The van der Waals surface area contributed by atoms with Gasteiger partial charge in [-0.25, -0.2) is 0 Å². The minimum atomic E-state index is -0.734. The molecule has 1 fully saturated rings. The van der Waals surface area contributed by atoms with Crippen molar-refractivity contribution in [3.63, 3.8) is 0 Å². The highest BCUT2D eigenvalue weighted by molar-refractivity contribution is 6.05. The number of nitriles is 1. The van der Waals surface area contributed by atoms with Gasteiger partial charge in [-0.2, -0.15) is 5.26 Å². The molecule has 4 nitrogen and oxygen atoms in total. The first-order valence-electron chi connectivity index (χ1n) is 7.39. The average Bonchev–Trinajstić information content (AvgIpc) is 2.65. The normalized spacial score (nSPS) is 17.4. The van der Waals surface area contributed by atoms with Crippen LogP contribution in [0.15, 0.2) is 55.0 Å². The molecule has 0 unspecified atom stereocenters. The number of allylic oxidation sites excluding steroid dienone is 3. The number of rotatable bonds is 3. The second kappa shape index (κ2) is 5.77. The summed E-state index contributed by atoms with van der Waals surface area (Å²) in [6.07, 6.45) is 3.55. The Morgan fingerprint density at radius 2 is 2.04 bits per heavy atom. The zero-order valence-corrected chi connectivity index (χ0v) is 14.1. The van der Waals surface area contributed by atoms with E-state index in [9.17, 15) is 4.79 Å². The van der Waals surface area contributed by atoms with Gasteiger partial charge in [0, 0.05) is 5.70 Å². The molecule has 0 atom stereocenters. The molecule has 0 radical (unpaired) electrons. The molecular formula is C19H21N3O. The highest BCUT2D eigenvalue weighted by atomic mass is 16.2. The van der Waals surface area contributed by atoms with E-state index in [4.69, 9.17) is 5.26 Å². The molecule has 0 aliphatic carbocycles. The first-order valence-corrected chi connectivity index (χ1v) is 7.39. The van der Waals surface area contributed by atoms with Crippen molar-refractivity contribution in [3.05, 3.63) is 66.2 Å². The Bertz CT molecular complexity index is 765. The van der Waals surface area contributed by atoms with Gasteiger partial charge in [-0.1, -0.05) is 19.2 Å². The Hall–Kier alpha value is -2.80. The molecule has 118 valence electrons. The van der Waals surface area contributed by atoms with E-state index in [1.54, 1.807) is 23.1 Å². The van der Waals surface area contributed by atoms with Crippen LogP contribution < -0.4 is 4.90 Å². The number of nitrogens with zero attached hydrogens (tertiary/aromatic N) is 3. The molecule has 4 heteroatoms. The van der Waals surface area contributed by atoms with E-state index in [0.717, 1.165) is 16.9 Å². The van der Waals surface area contributed by atoms with Crippen LogP contribution in [0.5, 0.6) is 0 Å². The average molecular weight is 307 g/mol. The fourth-order valence-corrected chi connectivity index (χ4v) is 2.98. The Balaban J connectivity index is 2.53. The lowest BCUT2D eigenvalue weighted by molar-refractivity contribution is -0.122. The molecular weight excluding hydrogens is 286 g/mol. The number of carbonyl (C=O) groups excluding carboxylic acids is 1. The van der Waals surface area contributed by atoms with Crippen LogP contribution in [0.1, 0.15) is 31.9 Å². The van der Waals surface area contributed by atoms with Crippen molar-refractivity contribution in [2.24, 2.45) is 0 Å². The number of hydrogen-bond donors (Lipinski definition) is 0. The van der Waals surface area contributed by atoms with Gasteiger partial charge in [0.2, 0.25) is 0 Å². The summed E-state index contributed by atoms with van der Waals surface area (Å²) in [6.45, 7) is 15.3. The minimum Gasteiger partial charge on any atom is -0.317 e. The smallest absolute Gasteiger partial charge is 0.258 e. The van der Waals surface area contributed by atoms with Gasteiger partial charge in [-0.15, -0.1) is 0 Å². The van der Waals surface area contributed by atoms with Gasteiger partial charge >= 0.3 is 0 Å². The summed E-state index contributed by atoms with van der Waals surface area (Å²) in [7, 11) is 0. The molecule has 0 aromatic heterocycles. The van der Waals surface area contributed by atoms with Gasteiger partial charge in [0.05, 0.1) is 17.3 Å². The third kappa shape index (κ3) is 2.55. The number of carbonyl (C=O) groups is 1. The monoisotopic (exact) mass is 307 g/mol. The Kier molecular flexibility index (Phi) is 4.16. The lowest BCUT2D eigenvalue weighted by Gasteiger charge is -2.30. The van der Waals surface area contributed by atoms with Crippen LogP contribution in [0.2, 0.25) is 0 Å². The van der Waals surface area contributed by atoms with Crippen molar-refractivity contribution in [1.82, 2.24) is 4.90 Å². The maximum absolute atomic E-state index is 12.9. The van der Waals surface area contributed by atoms with Crippen molar-refractivity contribution < 1.29 is 4.79 Å². The fraction of sp³-hybridized carbons (Fsp3) is 0.263. The molecule has 1 aromatic carbocycles. The molecule has 1 aliphatic heterocycles. The predicted molar refractivity (Wildman–Crippen MR) is 92.4 cm³/mol. The van der Waals surface area contributed by atoms with Gasteiger partial charge in [0.25, 0.3) is 5.91 Å². The van der Waals surface area contributed by atoms with E-state index in [-0.39, 0.29) is 5.91 Å². The van der Waals surface area contributed by atoms with E-state index < -0.39 is 5.54 Å². The van der Waals surface area contributed by atoms with Crippen molar-refractivity contribution >= 4 is 11.6 Å². The van der Waals surface area contributed by atoms with Crippen LogP contribution in [0.3, 0.4) is 0 Å². The Labute approximate surface area is 137 Å². The van der Waals surface area contributed by atoms with Crippen molar-refractivity contribution in [2.75, 3.05) is 4.90 Å². The summed E-state index contributed by atoms with van der Waals surface area (Å²) in [5, 5.41) is 9.06. The summed E-state index contributed by atoms with van der Waals surface area (Å²) in [6, 6.07) is 7.49. The lowest BCUT2D eigenvalue weighted by atomic mass is 10.0. The van der Waals surface area contributed by atoms with Crippen molar-refractivity contribution in [3.8, 4) is 6.07 Å². The molecule has 0 N–H and O–H groups in total. The Morgan fingerprint density at radius 3 is 2.57 bits per heavy atom. The highest BCUT2D eigenvalue weighted by Gasteiger charge is 2.48. The molecule has 1 heterocycles. The topological polar surface area (TPSA) is 47.3 Å². The van der Waals surface area contributed by atoms with E-state index in [1.165, 1.54) is 0 Å². The molecule has 0 bridgehead atoms. The van der Waals surface area contributed by atoms with Gasteiger partial charge in [-0.3, -0.25) is 9.69 Å². The zero-order valence-electron chi connectivity index (χ0n) is 14.1. The van der Waals surface area contributed by atoms with Crippen molar-refractivity contribution in [1.29, 1.82) is 5.26 Å². The quantitative estimate of drug-likeness (QED) is 0.797. The summed E-state index contributed by atoms with van der Waals surface area (Å²) in [5.41, 5.74) is 2.32. The number of benzene rings is 1. The molecule has 1 aromatic rings. The van der Waals surface area contributed by atoms with Gasteiger partial charge in [-0.05, 0) is 57.5 Å². The summed E-state index contributed by atoms with van der Waals surface area (Å²) >= 11 is 0. The highest BCUT2D eigenvalue weighted by Crippen LogP contribution is 2.39.